The molecule has 12 rings (SSSR count). The maximum atomic E-state index is 6.69. The molecule has 0 unspecified atom stereocenters. The Bertz CT molecular complexity index is 3480. The van der Waals surface area contributed by atoms with Crippen LogP contribution < -0.4 is 4.90 Å². The van der Waals surface area contributed by atoms with Crippen LogP contribution in [-0.4, -0.2) is 4.57 Å². The second-order valence-corrected chi connectivity index (χ2v) is 14.9. The standard InChI is InChI=1S/C54H34N2O/c1-3-14-44-36(10-1)20-21-39-33-42(27-30-45(39)44)55(43-28-31-49-50-29-24-37-11-2-4-15-46(37)54(50)57-53(49)34-43)40-25-22-35(23-26-40)38-12-9-13-41(32-38)56-51-18-7-5-16-47(51)48-17-6-8-19-52(48)56/h1-34H. The summed E-state index contributed by atoms with van der Waals surface area (Å²) in [6.07, 6.45) is 0. The lowest BCUT2D eigenvalue weighted by atomic mass is 10.0. The van der Waals surface area contributed by atoms with E-state index in [0.717, 1.165) is 55.6 Å². The van der Waals surface area contributed by atoms with Gasteiger partial charge in [-0.1, -0.05) is 133 Å². The van der Waals surface area contributed by atoms with Gasteiger partial charge in [0, 0.05) is 55.7 Å². The van der Waals surface area contributed by atoms with Gasteiger partial charge < -0.3 is 13.9 Å². The van der Waals surface area contributed by atoms with Crippen LogP contribution in [-0.2, 0) is 0 Å². The van der Waals surface area contributed by atoms with Gasteiger partial charge in [0.1, 0.15) is 11.2 Å². The highest BCUT2D eigenvalue weighted by atomic mass is 16.3. The predicted octanol–water partition coefficient (Wildman–Crippen LogP) is 15.3. The van der Waals surface area contributed by atoms with E-state index < -0.39 is 0 Å². The van der Waals surface area contributed by atoms with Crippen molar-refractivity contribution in [3.05, 3.63) is 206 Å². The number of hydrogen-bond donors (Lipinski definition) is 0. The highest BCUT2D eigenvalue weighted by molar-refractivity contribution is 6.16. The molecule has 0 atom stereocenters. The molecule has 0 N–H and O–H groups in total. The highest BCUT2D eigenvalue weighted by Gasteiger charge is 2.18. The summed E-state index contributed by atoms with van der Waals surface area (Å²) in [7, 11) is 0. The van der Waals surface area contributed by atoms with E-state index in [9.17, 15) is 0 Å². The number of hydrogen-bond acceptors (Lipinski definition) is 2. The van der Waals surface area contributed by atoms with Gasteiger partial charge in [0.15, 0.2) is 0 Å². The predicted molar refractivity (Wildman–Crippen MR) is 241 cm³/mol. The molecule has 0 saturated heterocycles. The number of fused-ring (bicyclic) bond motifs is 11. The van der Waals surface area contributed by atoms with Crippen LogP contribution in [0.1, 0.15) is 0 Å². The minimum absolute atomic E-state index is 0.870. The number of aromatic nitrogens is 1. The second-order valence-electron chi connectivity index (χ2n) is 14.9. The number of nitrogens with zero attached hydrogens (tertiary/aromatic N) is 2. The Balaban J connectivity index is 0.992. The van der Waals surface area contributed by atoms with E-state index >= 15 is 0 Å². The van der Waals surface area contributed by atoms with Crippen LogP contribution >= 0.6 is 0 Å². The van der Waals surface area contributed by atoms with Crippen LogP contribution in [0.25, 0.3) is 92.9 Å². The van der Waals surface area contributed by atoms with Crippen molar-refractivity contribution in [2.75, 3.05) is 4.90 Å². The SMILES string of the molecule is c1cc(-c2ccc(N(c3ccc4c(ccc5ccccc54)c3)c3ccc4c(c3)oc3c5ccccc5ccc43)cc2)cc(-n2c3ccccc3c3ccccc32)c1. The van der Waals surface area contributed by atoms with Crippen LogP contribution in [0.2, 0.25) is 0 Å². The average molecular weight is 727 g/mol. The minimum atomic E-state index is 0.870. The van der Waals surface area contributed by atoms with Crippen LogP contribution in [0.4, 0.5) is 17.1 Å². The quantitative estimate of drug-likeness (QED) is 0.165. The van der Waals surface area contributed by atoms with Crippen LogP contribution in [0.5, 0.6) is 0 Å². The van der Waals surface area contributed by atoms with Crippen LogP contribution in [0, 0.1) is 0 Å². The molecule has 57 heavy (non-hydrogen) atoms. The zero-order valence-electron chi connectivity index (χ0n) is 30.9. The molecule has 3 nitrogen and oxygen atoms in total. The van der Waals surface area contributed by atoms with E-state index in [0.29, 0.717) is 0 Å². The topological polar surface area (TPSA) is 21.3 Å². The van der Waals surface area contributed by atoms with E-state index in [-0.39, 0.29) is 0 Å². The minimum Gasteiger partial charge on any atom is -0.455 e. The molecular formula is C54H34N2O. The van der Waals surface area contributed by atoms with Crippen LogP contribution in [0.3, 0.4) is 0 Å². The molecule has 0 bridgehead atoms. The molecule has 10 aromatic carbocycles. The molecule has 12 aromatic rings. The number of furan rings is 1. The van der Waals surface area contributed by atoms with Gasteiger partial charge in [-0.05, 0) is 105 Å². The smallest absolute Gasteiger partial charge is 0.143 e. The molecule has 0 aliphatic rings. The average Bonchev–Trinajstić information content (AvgIpc) is 3.82. The molecule has 266 valence electrons. The highest BCUT2D eigenvalue weighted by Crippen LogP contribution is 2.42. The molecule has 0 saturated carbocycles. The molecule has 0 fully saturated rings. The molecule has 0 radical (unpaired) electrons. The zero-order valence-corrected chi connectivity index (χ0v) is 30.9. The molecule has 2 aromatic heterocycles. The Hall–Kier alpha value is -7.62. The molecule has 0 aliphatic carbocycles. The van der Waals surface area contributed by atoms with Crippen molar-refractivity contribution in [3.63, 3.8) is 0 Å². The van der Waals surface area contributed by atoms with Crippen LogP contribution in [0.15, 0.2) is 211 Å². The van der Waals surface area contributed by atoms with E-state index in [2.05, 4.69) is 216 Å². The van der Waals surface area contributed by atoms with Gasteiger partial charge in [-0.25, -0.2) is 0 Å². The molecule has 0 spiro atoms. The number of anilines is 3. The molecule has 3 heteroatoms. The first kappa shape index (κ1) is 31.7. The lowest BCUT2D eigenvalue weighted by molar-refractivity contribution is 0.672. The van der Waals surface area contributed by atoms with Crippen molar-refractivity contribution in [2.45, 2.75) is 0 Å². The number of benzene rings is 10. The second kappa shape index (κ2) is 12.5. The summed E-state index contributed by atoms with van der Waals surface area (Å²) in [5, 5.41) is 12.0. The number of para-hydroxylation sites is 2. The number of rotatable bonds is 5. The summed E-state index contributed by atoms with van der Waals surface area (Å²) >= 11 is 0. The molecule has 2 heterocycles. The van der Waals surface area contributed by atoms with Gasteiger partial charge >= 0.3 is 0 Å². The maximum Gasteiger partial charge on any atom is 0.143 e. The van der Waals surface area contributed by atoms with Gasteiger partial charge in [0.25, 0.3) is 0 Å². The van der Waals surface area contributed by atoms with Crippen molar-refractivity contribution in [1.82, 2.24) is 4.57 Å². The summed E-state index contributed by atoms with van der Waals surface area (Å²) in [4.78, 5) is 2.34. The summed E-state index contributed by atoms with van der Waals surface area (Å²) in [6.45, 7) is 0. The summed E-state index contributed by atoms with van der Waals surface area (Å²) in [5.74, 6) is 0. The normalized spacial score (nSPS) is 11.9. The first-order valence-corrected chi connectivity index (χ1v) is 19.5. The Kier molecular flexibility index (Phi) is 6.93. The fourth-order valence-electron chi connectivity index (χ4n) is 9.05. The first-order chi connectivity index (χ1) is 28.2. The fourth-order valence-corrected chi connectivity index (χ4v) is 9.05. The van der Waals surface area contributed by atoms with Crippen molar-refractivity contribution in [3.8, 4) is 16.8 Å². The molecule has 0 aliphatic heterocycles. The summed E-state index contributed by atoms with van der Waals surface area (Å²) < 4.78 is 9.07. The molecule has 0 amide bonds. The first-order valence-electron chi connectivity index (χ1n) is 19.5. The Labute approximate surface area is 328 Å². The lowest BCUT2D eigenvalue weighted by Gasteiger charge is -2.26. The van der Waals surface area contributed by atoms with Crippen molar-refractivity contribution in [2.24, 2.45) is 0 Å². The van der Waals surface area contributed by atoms with Crippen molar-refractivity contribution >= 4 is 93.1 Å². The van der Waals surface area contributed by atoms with E-state index in [1.165, 1.54) is 54.3 Å². The van der Waals surface area contributed by atoms with Crippen molar-refractivity contribution < 1.29 is 4.42 Å². The third-order valence-electron chi connectivity index (χ3n) is 11.7. The van der Waals surface area contributed by atoms with E-state index in [1.807, 2.05) is 0 Å². The summed E-state index contributed by atoms with van der Waals surface area (Å²) in [6, 6.07) is 74.5. The van der Waals surface area contributed by atoms with Gasteiger partial charge in [-0.3, -0.25) is 0 Å². The maximum absolute atomic E-state index is 6.69. The Morgan fingerprint density at radius 3 is 1.67 bits per heavy atom. The van der Waals surface area contributed by atoms with E-state index in [4.69, 9.17) is 4.42 Å². The monoisotopic (exact) mass is 726 g/mol. The molecular weight excluding hydrogens is 693 g/mol. The Morgan fingerprint density at radius 1 is 0.333 bits per heavy atom. The zero-order chi connectivity index (χ0) is 37.5. The Morgan fingerprint density at radius 2 is 0.895 bits per heavy atom. The summed E-state index contributed by atoms with van der Waals surface area (Å²) in [5.41, 5.74) is 10.9. The van der Waals surface area contributed by atoms with Gasteiger partial charge in [0.2, 0.25) is 0 Å². The van der Waals surface area contributed by atoms with Gasteiger partial charge in [-0.2, -0.15) is 0 Å². The van der Waals surface area contributed by atoms with Crippen molar-refractivity contribution in [1.29, 1.82) is 0 Å². The van der Waals surface area contributed by atoms with E-state index in [1.54, 1.807) is 0 Å². The lowest BCUT2D eigenvalue weighted by Crippen LogP contribution is -2.09. The largest absolute Gasteiger partial charge is 0.455 e. The van der Waals surface area contributed by atoms with Gasteiger partial charge in [-0.15, -0.1) is 0 Å². The fraction of sp³-hybridized carbons (Fsp3) is 0. The van der Waals surface area contributed by atoms with Gasteiger partial charge in [0.05, 0.1) is 11.0 Å². The third kappa shape index (κ3) is 4.99. The third-order valence-corrected chi connectivity index (χ3v) is 11.7.